The lowest BCUT2D eigenvalue weighted by atomic mass is 9.77. The van der Waals surface area contributed by atoms with Crippen LogP contribution < -0.4 is 10.2 Å². The van der Waals surface area contributed by atoms with Crippen LogP contribution in [-0.4, -0.2) is 49.1 Å². The molecule has 6 heteroatoms. The maximum atomic E-state index is 14.0. The summed E-state index contributed by atoms with van der Waals surface area (Å²) in [4.78, 5) is 16.6. The van der Waals surface area contributed by atoms with Gasteiger partial charge in [0.1, 0.15) is 11.6 Å². The Balaban J connectivity index is 1.40. The lowest BCUT2D eigenvalue weighted by Gasteiger charge is -2.45. The number of anilines is 1. The minimum absolute atomic E-state index is 0.0705. The largest absolute Gasteiger partial charge is 0.367 e. The van der Waals surface area contributed by atoms with Gasteiger partial charge in [0.2, 0.25) is 5.91 Å². The van der Waals surface area contributed by atoms with Gasteiger partial charge in [-0.15, -0.1) is 0 Å². The van der Waals surface area contributed by atoms with Crippen LogP contribution in [0.4, 0.5) is 14.5 Å². The molecule has 3 fully saturated rings. The average molecular weight is 349 g/mol. The van der Waals surface area contributed by atoms with E-state index in [-0.39, 0.29) is 11.9 Å². The smallest absolute Gasteiger partial charge is 0.237 e. The average Bonchev–Trinajstić information content (AvgIpc) is 2.63. The van der Waals surface area contributed by atoms with Crippen LogP contribution in [0.15, 0.2) is 18.2 Å². The van der Waals surface area contributed by atoms with Gasteiger partial charge in [0.15, 0.2) is 0 Å². The van der Waals surface area contributed by atoms with Crippen molar-refractivity contribution in [1.82, 2.24) is 10.2 Å². The highest BCUT2D eigenvalue weighted by Crippen LogP contribution is 2.33. The van der Waals surface area contributed by atoms with Crippen molar-refractivity contribution >= 4 is 11.6 Å². The third kappa shape index (κ3) is 3.36. The Labute approximate surface area is 147 Å². The highest BCUT2D eigenvalue weighted by molar-refractivity contribution is 5.83. The normalized spacial score (nSPS) is 30.7. The zero-order valence-corrected chi connectivity index (χ0v) is 14.4. The summed E-state index contributed by atoms with van der Waals surface area (Å²) in [5.74, 6) is -0.0761. The Hall–Kier alpha value is -1.69. The third-order valence-corrected chi connectivity index (χ3v) is 6.07. The molecule has 2 aliphatic heterocycles. The van der Waals surface area contributed by atoms with E-state index in [0.29, 0.717) is 43.8 Å². The Bertz CT molecular complexity index is 646. The number of halogens is 2. The number of nitrogens with zero attached hydrogens (tertiary/aromatic N) is 2. The van der Waals surface area contributed by atoms with Gasteiger partial charge in [0, 0.05) is 38.3 Å². The van der Waals surface area contributed by atoms with Gasteiger partial charge in [-0.3, -0.25) is 9.69 Å². The van der Waals surface area contributed by atoms with Crippen LogP contribution in [0.1, 0.15) is 32.1 Å². The Morgan fingerprint density at radius 3 is 2.60 bits per heavy atom. The topological polar surface area (TPSA) is 35.6 Å². The summed E-state index contributed by atoms with van der Waals surface area (Å²) >= 11 is 0. The maximum absolute atomic E-state index is 14.0. The zero-order chi connectivity index (χ0) is 17.4. The fourth-order valence-corrected chi connectivity index (χ4v) is 4.67. The van der Waals surface area contributed by atoms with Gasteiger partial charge in [0.25, 0.3) is 0 Å². The molecule has 2 heterocycles. The molecule has 0 aromatic heterocycles. The molecule has 3 atom stereocenters. The van der Waals surface area contributed by atoms with Crippen molar-refractivity contribution in [3.63, 3.8) is 0 Å². The molecule has 3 unspecified atom stereocenters. The van der Waals surface area contributed by atoms with Crippen LogP contribution in [-0.2, 0) is 4.79 Å². The first-order valence-corrected chi connectivity index (χ1v) is 9.36. The number of piperazine rings is 1. The van der Waals surface area contributed by atoms with E-state index in [2.05, 4.69) is 10.2 Å². The van der Waals surface area contributed by atoms with Gasteiger partial charge in [-0.05, 0) is 37.3 Å². The van der Waals surface area contributed by atoms with E-state index >= 15 is 0 Å². The molecule has 1 aliphatic carbocycles. The number of hydrogen-bond acceptors (Lipinski definition) is 3. The van der Waals surface area contributed by atoms with Crippen molar-refractivity contribution in [3.8, 4) is 0 Å². The molecule has 1 amide bonds. The molecule has 1 aromatic carbocycles. The number of piperidine rings is 1. The number of carbonyl (C=O) groups is 1. The van der Waals surface area contributed by atoms with Crippen molar-refractivity contribution in [2.24, 2.45) is 5.92 Å². The van der Waals surface area contributed by atoms with E-state index in [1.54, 1.807) is 0 Å². The molecular formula is C19H25F2N3O. The second kappa shape index (κ2) is 6.90. The van der Waals surface area contributed by atoms with Gasteiger partial charge < -0.3 is 10.2 Å². The molecule has 0 bridgehead atoms. The lowest BCUT2D eigenvalue weighted by Crippen LogP contribution is -2.61. The molecule has 2 saturated heterocycles. The molecule has 0 spiro atoms. The van der Waals surface area contributed by atoms with E-state index in [1.807, 2.05) is 4.90 Å². The molecule has 1 saturated carbocycles. The summed E-state index contributed by atoms with van der Waals surface area (Å²) in [5.41, 5.74) is 0.320. The van der Waals surface area contributed by atoms with Crippen molar-refractivity contribution in [2.75, 3.05) is 31.1 Å². The predicted molar refractivity (Wildman–Crippen MR) is 92.4 cm³/mol. The van der Waals surface area contributed by atoms with Crippen LogP contribution in [0.3, 0.4) is 0 Å². The first kappa shape index (κ1) is 16.8. The quantitative estimate of drug-likeness (QED) is 0.891. The minimum atomic E-state index is -0.422. The summed E-state index contributed by atoms with van der Waals surface area (Å²) in [7, 11) is 0. The van der Waals surface area contributed by atoms with Crippen LogP contribution in [0.2, 0.25) is 0 Å². The predicted octanol–water partition coefficient (Wildman–Crippen LogP) is 2.53. The molecule has 136 valence electrons. The van der Waals surface area contributed by atoms with E-state index in [1.165, 1.54) is 31.4 Å². The number of fused-ring (bicyclic) bond motifs is 1. The van der Waals surface area contributed by atoms with E-state index in [4.69, 9.17) is 0 Å². The lowest BCUT2D eigenvalue weighted by molar-refractivity contribution is -0.132. The molecule has 1 N–H and O–H groups in total. The van der Waals surface area contributed by atoms with Crippen LogP contribution in [0.5, 0.6) is 0 Å². The Morgan fingerprint density at radius 2 is 1.80 bits per heavy atom. The van der Waals surface area contributed by atoms with E-state index in [0.717, 1.165) is 18.9 Å². The first-order valence-electron chi connectivity index (χ1n) is 9.36. The molecule has 0 radical (unpaired) electrons. The third-order valence-electron chi connectivity index (χ3n) is 6.07. The number of amides is 1. The summed E-state index contributed by atoms with van der Waals surface area (Å²) < 4.78 is 27.4. The summed E-state index contributed by atoms with van der Waals surface area (Å²) in [6, 6.07) is 3.86. The molecule has 25 heavy (non-hydrogen) atoms. The van der Waals surface area contributed by atoms with E-state index in [9.17, 15) is 13.6 Å². The first-order chi connectivity index (χ1) is 12.1. The highest BCUT2D eigenvalue weighted by Gasteiger charge is 2.40. The van der Waals surface area contributed by atoms with Gasteiger partial charge >= 0.3 is 0 Å². The van der Waals surface area contributed by atoms with Gasteiger partial charge in [0.05, 0.1) is 11.7 Å². The van der Waals surface area contributed by atoms with Crippen molar-refractivity contribution in [1.29, 1.82) is 0 Å². The molecular weight excluding hydrogens is 324 g/mol. The van der Waals surface area contributed by atoms with Gasteiger partial charge in [-0.2, -0.15) is 0 Å². The van der Waals surface area contributed by atoms with Crippen LogP contribution in [0.25, 0.3) is 0 Å². The monoisotopic (exact) mass is 349 g/mol. The number of nitrogens with one attached hydrogen (secondary N) is 1. The summed E-state index contributed by atoms with van der Waals surface area (Å²) in [6.45, 7) is 2.62. The number of hydrogen-bond donors (Lipinski definition) is 1. The minimum Gasteiger partial charge on any atom is -0.367 e. The van der Waals surface area contributed by atoms with Crippen molar-refractivity contribution in [3.05, 3.63) is 29.8 Å². The second-order valence-corrected chi connectivity index (χ2v) is 7.53. The van der Waals surface area contributed by atoms with Gasteiger partial charge in [-0.1, -0.05) is 12.8 Å². The molecule has 4 nitrogen and oxygen atoms in total. The number of carbonyl (C=O) groups excluding carboxylic acids is 1. The number of benzene rings is 1. The molecule has 4 rings (SSSR count). The number of rotatable bonds is 2. The zero-order valence-electron chi connectivity index (χ0n) is 14.4. The van der Waals surface area contributed by atoms with Crippen LogP contribution >= 0.6 is 0 Å². The summed E-state index contributed by atoms with van der Waals surface area (Å²) in [5, 5.41) is 3.22. The standard InChI is InChI=1S/C19H25F2N3O/c20-14-5-6-15(21)17(12-14)23-7-9-24(10-8-23)18-11-13-3-1-2-4-16(13)22-19(18)25/h5-6,12-13,16,18H,1-4,7-11H2,(H,22,25). The summed E-state index contributed by atoms with van der Waals surface area (Å²) in [6.07, 6.45) is 5.72. The maximum Gasteiger partial charge on any atom is 0.237 e. The molecule has 1 aromatic rings. The fourth-order valence-electron chi connectivity index (χ4n) is 4.67. The van der Waals surface area contributed by atoms with Crippen molar-refractivity contribution in [2.45, 2.75) is 44.2 Å². The fraction of sp³-hybridized carbons (Fsp3) is 0.632. The molecule has 3 aliphatic rings. The van der Waals surface area contributed by atoms with Crippen molar-refractivity contribution < 1.29 is 13.6 Å². The van der Waals surface area contributed by atoms with E-state index < -0.39 is 11.6 Å². The van der Waals surface area contributed by atoms with Crippen LogP contribution in [0, 0.1) is 17.6 Å². The van der Waals surface area contributed by atoms with Gasteiger partial charge in [-0.25, -0.2) is 8.78 Å². The highest BCUT2D eigenvalue weighted by atomic mass is 19.1. The Kier molecular flexibility index (Phi) is 4.63. The SMILES string of the molecule is O=C1NC2CCCCC2CC1N1CCN(c2cc(F)ccc2F)CC1. The second-order valence-electron chi connectivity index (χ2n) is 7.53. The Morgan fingerprint density at radius 1 is 1.04 bits per heavy atom.